The lowest BCUT2D eigenvalue weighted by Gasteiger charge is -2.13. The summed E-state index contributed by atoms with van der Waals surface area (Å²) in [5.74, 6) is -1.30. The predicted molar refractivity (Wildman–Crippen MR) is 59.5 cm³/mol. The molecule has 0 amide bonds. The molecule has 0 aliphatic carbocycles. The second-order valence-corrected chi connectivity index (χ2v) is 4.54. The van der Waals surface area contributed by atoms with Crippen molar-refractivity contribution in [1.29, 1.82) is 0 Å². The zero-order chi connectivity index (χ0) is 13.3. The maximum Gasteiger partial charge on any atom is 0.419 e. The van der Waals surface area contributed by atoms with E-state index in [1.807, 2.05) is 0 Å². The maximum atomic E-state index is 13.1. The van der Waals surface area contributed by atoms with E-state index in [4.69, 9.17) is 5.73 Å². The van der Waals surface area contributed by atoms with E-state index in [1.165, 1.54) is 29.1 Å². The van der Waals surface area contributed by atoms with Gasteiger partial charge in [0.1, 0.15) is 5.82 Å². The maximum absolute atomic E-state index is 13.1. The first kappa shape index (κ1) is 13.0. The Morgan fingerprint density at radius 2 is 2.00 bits per heavy atom. The average molecular weight is 276 g/mol. The van der Waals surface area contributed by atoms with Crippen LogP contribution in [0.2, 0.25) is 0 Å². The van der Waals surface area contributed by atoms with Crippen LogP contribution in [-0.4, -0.2) is 4.98 Å². The number of hydrogen-bond donors (Lipinski definition) is 1. The van der Waals surface area contributed by atoms with Crippen LogP contribution in [0.4, 0.5) is 17.6 Å². The molecule has 2 nitrogen and oxygen atoms in total. The average Bonchev–Trinajstić information content (AvgIpc) is 2.80. The minimum atomic E-state index is -4.73. The molecule has 0 aliphatic heterocycles. The summed E-state index contributed by atoms with van der Waals surface area (Å²) in [5, 5.41) is 0. The molecular formula is C11H8F4N2S. The van der Waals surface area contributed by atoms with Gasteiger partial charge in [0.05, 0.1) is 17.1 Å². The normalized spacial score (nSPS) is 13.6. The first-order chi connectivity index (χ1) is 8.39. The van der Waals surface area contributed by atoms with Crippen LogP contribution in [0.3, 0.4) is 0 Å². The molecule has 1 aromatic carbocycles. The Balaban J connectivity index is 2.42. The fourth-order valence-corrected chi connectivity index (χ4v) is 2.14. The molecule has 0 bridgehead atoms. The molecule has 1 aromatic heterocycles. The zero-order valence-electron chi connectivity index (χ0n) is 8.91. The molecule has 2 N–H and O–H groups in total. The van der Waals surface area contributed by atoms with Crippen molar-refractivity contribution >= 4 is 11.3 Å². The van der Waals surface area contributed by atoms with Crippen molar-refractivity contribution in [3.8, 4) is 0 Å². The quantitative estimate of drug-likeness (QED) is 0.854. The molecule has 7 heteroatoms. The molecule has 0 aliphatic rings. The summed E-state index contributed by atoms with van der Waals surface area (Å²) in [6.45, 7) is 0. The van der Waals surface area contributed by atoms with Gasteiger partial charge in [-0.15, -0.1) is 11.3 Å². The summed E-state index contributed by atoms with van der Waals surface area (Å²) >= 11 is 1.23. The topological polar surface area (TPSA) is 38.9 Å². The molecule has 0 fully saturated rings. The molecule has 2 aromatic rings. The van der Waals surface area contributed by atoms with Gasteiger partial charge in [-0.05, 0) is 17.7 Å². The minimum Gasteiger partial charge on any atom is -0.320 e. The van der Waals surface area contributed by atoms with Crippen LogP contribution in [0.25, 0.3) is 0 Å². The molecule has 1 heterocycles. The van der Waals surface area contributed by atoms with Crippen molar-refractivity contribution in [2.75, 3.05) is 0 Å². The number of hydrogen-bond acceptors (Lipinski definition) is 3. The van der Waals surface area contributed by atoms with Gasteiger partial charge in [0.25, 0.3) is 0 Å². The smallest absolute Gasteiger partial charge is 0.320 e. The van der Waals surface area contributed by atoms with Gasteiger partial charge in [-0.1, -0.05) is 6.07 Å². The van der Waals surface area contributed by atoms with Crippen molar-refractivity contribution in [2.45, 2.75) is 12.2 Å². The molecule has 96 valence electrons. The minimum absolute atomic E-state index is 0.202. The molecule has 18 heavy (non-hydrogen) atoms. The van der Waals surface area contributed by atoms with Gasteiger partial charge < -0.3 is 5.73 Å². The Morgan fingerprint density at radius 1 is 1.28 bits per heavy atom. The van der Waals surface area contributed by atoms with Crippen molar-refractivity contribution in [3.63, 3.8) is 0 Å². The van der Waals surface area contributed by atoms with Gasteiger partial charge >= 0.3 is 6.18 Å². The predicted octanol–water partition coefficient (Wildman–Crippen LogP) is 3.35. The number of nitrogens with two attached hydrogens (primary N) is 1. The molecule has 0 radical (unpaired) electrons. The van der Waals surface area contributed by atoms with Crippen molar-refractivity contribution in [1.82, 2.24) is 4.98 Å². The van der Waals surface area contributed by atoms with Crippen molar-refractivity contribution < 1.29 is 17.6 Å². The molecule has 0 saturated carbocycles. The van der Waals surface area contributed by atoms with Crippen molar-refractivity contribution in [3.05, 3.63) is 51.7 Å². The van der Waals surface area contributed by atoms with E-state index >= 15 is 0 Å². The summed E-state index contributed by atoms with van der Waals surface area (Å²) in [6.07, 6.45) is -3.25. The number of rotatable bonds is 2. The third-order valence-electron chi connectivity index (χ3n) is 2.41. The van der Waals surface area contributed by atoms with Crippen LogP contribution >= 0.6 is 11.3 Å². The van der Waals surface area contributed by atoms with Gasteiger partial charge in [-0.3, -0.25) is 4.98 Å². The van der Waals surface area contributed by atoms with Crippen LogP contribution < -0.4 is 5.73 Å². The molecule has 0 saturated heterocycles. The van der Waals surface area contributed by atoms with Crippen molar-refractivity contribution in [2.24, 2.45) is 5.73 Å². The Kier molecular flexibility index (Phi) is 3.36. The molecule has 0 spiro atoms. The monoisotopic (exact) mass is 276 g/mol. The first-order valence-corrected chi connectivity index (χ1v) is 5.78. The number of thiazole rings is 1. The fourth-order valence-electron chi connectivity index (χ4n) is 1.50. The summed E-state index contributed by atoms with van der Waals surface area (Å²) in [5.41, 5.74) is 6.23. The number of halogens is 4. The summed E-state index contributed by atoms with van der Waals surface area (Å²) in [4.78, 5) is 4.42. The lowest BCUT2D eigenvalue weighted by molar-refractivity contribution is -0.140. The van der Waals surface area contributed by atoms with Crippen LogP contribution in [0.1, 0.15) is 22.0 Å². The third kappa shape index (κ3) is 2.51. The third-order valence-corrected chi connectivity index (χ3v) is 3.27. The highest BCUT2D eigenvalue weighted by atomic mass is 32.1. The van der Waals surface area contributed by atoms with Crippen LogP contribution in [0.15, 0.2) is 29.9 Å². The van der Waals surface area contributed by atoms with Crippen LogP contribution in [-0.2, 0) is 6.18 Å². The van der Waals surface area contributed by atoms with E-state index in [9.17, 15) is 17.6 Å². The van der Waals surface area contributed by atoms with Gasteiger partial charge in [0, 0.05) is 11.1 Å². The SMILES string of the molecule is NC(c1ccc(F)c(C(F)(F)F)c1)c1cncs1. The first-order valence-electron chi connectivity index (χ1n) is 4.90. The fraction of sp³-hybridized carbons (Fsp3) is 0.182. The Labute approximate surface area is 104 Å². The van der Waals surface area contributed by atoms with E-state index < -0.39 is 23.6 Å². The van der Waals surface area contributed by atoms with E-state index in [1.54, 1.807) is 0 Å². The largest absolute Gasteiger partial charge is 0.419 e. The zero-order valence-corrected chi connectivity index (χ0v) is 9.73. The number of benzene rings is 1. The van der Waals surface area contributed by atoms with E-state index in [0.717, 1.165) is 12.1 Å². The van der Waals surface area contributed by atoms with Crippen LogP contribution in [0, 0.1) is 5.82 Å². The lowest BCUT2D eigenvalue weighted by Crippen LogP contribution is -2.14. The Bertz CT molecular complexity index is 536. The summed E-state index contributed by atoms with van der Waals surface area (Å²) in [7, 11) is 0. The summed E-state index contributed by atoms with van der Waals surface area (Å²) < 4.78 is 50.7. The van der Waals surface area contributed by atoms with Crippen LogP contribution in [0.5, 0.6) is 0 Å². The molecule has 1 atom stereocenters. The van der Waals surface area contributed by atoms with E-state index in [0.29, 0.717) is 4.88 Å². The van der Waals surface area contributed by atoms with Gasteiger partial charge in [0.15, 0.2) is 0 Å². The highest BCUT2D eigenvalue weighted by Crippen LogP contribution is 2.34. The van der Waals surface area contributed by atoms with E-state index in [2.05, 4.69) is 4.98 Å². The number of alkyl halides is 3. The summed E-state index contributed by atoms with van der Waals surface area (Å²) in [6, 6.07) is 2.02. The highest BCUT2D eigenvalue weighted by molar-refractivity contribution is 7.09. The van der Waals surface area contributed by atoms with Gasteiger partial charge in [0.2, 0.25) is 0 Å². The highest BCUT2D eigenvalue weighted by Gasteiger charge is 2.34. The molecular weight excluding hydrogens is 268 g/mol. The van der Waals surface area contributed by atoms with Gasteiger partial charge in [-0.25, -0.2) is 4.39 Å². The standard InChI is InChI=1S/C11H8F4N2S/c12-8-2-1-6(3-7(8)11(13,14)15)10(16)9-4-17-5-18-9/h1-5,10H,16H2. The molecule has 1 unspecified atom stereocenters. The number of nitrogens with zero attached hydrogens (tertiary/aromatic N) is 1. The second-order valence-electron chi connectivity index (χ2n) is 3.62. The number of aromatic nitrogens is 1. The lowest BCUT2D eigenvalue weighted by atomic mass is 10.0. The Morgan fingerprint density at radius 3 is 2.56 bits per heavy atom. The Hall–Kier alpha value is -1.47. The van der Waals surface area contributed by atoms with E-state index in [-0.39, 0.29) is 5.56 Å². The molecule has 2 rings (SSSR count). The second kappa shape index (κ2) is 4.66. The van der Waals surface area contributed by atoms with Gasteiger partial charge in [-0.2, -0.15) is 13.2 Å².